The Morgan fingerprint density at radius 1 is 1.26 bits per heavy atom. The second kappa shape index (κ2) is 7.89. The zero-order valence-corrected chi connectivity index (χ0v) is 13.1. The van der Waals surface area contributed by atoms with Gasteiger partial charge < -0.3 is 10.1 Å². The van der Waals surface area contributed by atoms with Crippen LogP contribution in [0.3, 0.4) is 0 Å². The summed E-state index contributed by atoms with van der Waals surface area (Å²) < 4.78 is 8.75. The molecule has 1 N–H and O–H groups in total. The van der Waals surface area contributed by atoms with Gasteiger partial charge >= 0.3 is 0 Å². The summed E-state index contributed by atoms with van der Waals surface area (Å²) in [6, 6.07) is 3.58. The third-order valence-corrected chi connectivity index (χ3v) is 3.76. The van der Waals surface area contributed by atoms with Crippen LogP contribution in [-0.2, 0) is 11.4 Å². The Bertz CT molecular complexity index is 603. The molecule has 3 rings (SSSR count). The summed E-state index contributed by atoms with van der Waals surface area (Å²) in [5, 5.41) is 11.3. The largest absolute Gasteiger partial charge is 0.379 e. The molecule has 23 heavy (non-hydrogen) atoms. The number of rotatable bonds is 7. The number of carbonyl (C=O) groups is 1. The molecule has 1 saturated heterocycles. The van der Waals surface area contributed by atoms with Crippen molar-refractivity contribution in [3.05, 3.63) is 36.4 Å². The van der Waals surface area contributed by atoms with Gasteiger partial charge in [-0.1, -0.05) is 0 Å². The van der Waals surface area contributed by atoms with Crippen LogP contribution in [0.4, 0.5) is 0 Å². The monoisotopic (exact) mass is 318 g/mol. The van der Waals surface area contributed by atoms with E-state index in [0.29, 0.717) is 18.9 Å². The number of ether oxygens (including phenoxy) is 1. The molecule has 0 spiro atoms. The highest BCUT2D eigenvalue weighted by Gasteiger charge is 2.11. The number of amides is 1. The van der Waals surface area contributed by atoms with Gasteiger partial charge in [0.25, 0.3) is 5.91 Å². The van der Waals surface area contributed by atoms with E-state index in [4.69, 9.17) is 4.74 Å². The second-order valence-electron chi connectivity index (χ2n) is 5.49. The average Bonchev–Trinajstić information content (AvgIpc) is 3.25. The molecule has 1 aliphatic heterocycles. The smallest absolute Gasteiger partial charge is 0.271 e. The Kier molecular flexibility index (Phi) is 5.38. The van der Waals surface area contributed by atoms with Crippen molar-refractivity contribution in [1.29, 1.82) is 0 Å². The second-order valence-corrected chi connectivity index (χ2v) is 5.49. The molecule has 124 valence electrons. The van der Waals surface area contributed by atoms with Gasteiger partial charge in [0.1, 0.15) is 12.4 Å². The first-order valence-electron chi connectivity index (χ1n) is 7.90. The summed E-state index contributed by atoms with van der Waals surface area (Å²) >= 11 is 0. The minimum atomic E-state index is -0.133. The van der Waals surface area contributed by atoms with Crippen molar-refractivity contribution in [3.63, 3.8) is 0 Å². The highest BCUT2D eigenvalue weighted by atomic mass is 16.5. The number of hydrogen-bond acceptors (Lipinski definition) is 5. The first-order chi connectivity index (χ1) is 11.3. The molecule has 0 aliphatic carbocycles. The van der Waals surface area contributed by atoms with Gasteiger partial charge in [0.05, 0.1) is 13.2 Å². The summed E-state index contributed by atoms with van der Waals surface area (Å²) in [5.41, 5.74) is 0.434. The van der Waals surface area contributed by atoms with E-state index in [9.17, 15) is 4.79 Å². The van der Waals surface area contributed by atoms with E-state index in [1.54, 1.807) is 27.8 Å². The molecule has 0 unspecified atom stereocenters. The molecule has 0 aromatic carbocycles. The molecule has 8 nitrogen and oxygen atoms in total. The SMILES string of the molecule is O=C(NCCCN1CCOCC1)c1ccn(Cn2cccn2)n1. The number of aromatic nitrogens is 4. The van der Waals surface area contributed by atoms with E-state index in [0.717, 1.165) is 39.3 Å². The molecule has 0 radical (unpaired) electrons. The van der Waals surface area contributed by atoms with E-state index in [1.807, 2.05) is 12.3 Å². The van der Waals surface area contributed by atoms with Crippen LogP contribution >= 0.6 is 0 Å². The fraction of sp³-hybridized carbons (Fsp3) is 0.533. The van der Waals surface area contributed by atoms with Gasteiger partial charge in [-0.15, -0.1) is 0 Å². The van der Waals surface area contributed by atoms with Gasteiger partial charge in [-0.25, -0.2) is 0 Å². The lowest BCUT2D eigenvalue weighted by Gasteiger charge is -2.26. The maximum atomic E-state index is 12.1. The number of nitrogens with one attached hydrogen (secondary N) is 1. The van der Waals surface area contributed by atoms with E-state index in [2.05, 4.69) is 20.4 Å². The van der Waals surface area contributed by atoms with Crippen LogP contribution in [0.25, 0.3) is 0 Å². The summed E-state index contributed by atoms with van der Waals surface area (Å²) in [6.45, 7) is 5.70. The van der Waals surface area contributed by atoms with E-state index in [1.165, 1.54) is 0 Å². The molecule has 2 aromatic heterocycles. The first kappa shape index (κ1) is 15.7. The molecule has 0 saturated carbocycles. The van der Waals surface area contributed by atoms with Gasteiger partial charge in [0, 0.05) is 38.2 Å². The van der Waals surface area contributed by atoms with Crippen LogP contribution in [0.15, 0.2) is 30.7 Å². The lowest BCUT2D eigenvalue weighted by atomic mass is 10.3. The predicted octanol–water partition coefficient (Wildman–Crippen LogP) is 0.0375. The highest BCUT2D eigenvalue weighted by Crippen LogP contribution is 1.99. The van der Waals surface area contributed by atoms with Crippen molar-refractivity contribution in [3.8, 4) is 0 Å². The summed E-state index contributed by atoms with van der Waals surface area (Å²) in [7, 11) is 0. The molecule has 8 heteroatoms. The first-order valence-corrected chi connectivity index (χ1v) is 7.90. The van der Waals surface area contributed by atoms with Gasteiger partial charge in [-0.05, 0) is 25.1 Å². The van der Waals surface area contributed by atoms with E-state index in [-0.39, 0.29) is 5.91 Å². The van der Waals surface area contributed by atoms with Crippen LogP contribution < -0.4 is 5.32 Å². The lowest BCUT2D eigenvalue weighted by molar-refractivity contribution is 0.0374. The van der Waals surface area contributed by atoms with E-state index < -0.39 is 0 Å². The molecule has 1 fully saturated rings. The molecule has 0 atom stereocenters. The maximum absolute atomic E-state index is 12.1. The summed E-state index contributed by atoms with van der Waals surface area (Å²) in [6.07, 6.45) is 6.28. The fourth-order valence-corrected chi connectivity index (χ4v) is 2.51. The minimum absolute atomic E-state index is 0.133. The fourth-order valence-electron chi connectivity index (χ4n) is 2.51. The Hall–Kier alpha value is -2.19. The van der Waals surface area contributed by atoms with Crippen LogP contribution in [0.5, 0.6) is 0 Å². The molecular formula is C15H22N6O2. The summed E-state index contributed by atoms with van der Waals surface area (Å²) in [5.74, 6) is -0.133. The van der Waals surface area contributed by atoms with Gasteiger partial charge in [0.15, 0.2) is 0 Å². The van der Waals surface area contributed by atoms with Crippen molar-refractivity contribution in [2.24, 2.45) is 0 Å². The zero-order valence-electron chi connectivity index (χ0n) is 13.1. The van der Waals surface area contributed by atoms with Gasteiger partial charge in [0.2, 0.25) is 0 Å². The van der Waals surface area contributed by atoms with Crippen molar-refractivity contribution in [2.45, 2.75) is 13.1 Å². The minimum Gasteiger partial charge on any atom is -0.379 e. The maximum Gasteiger partial charge on any atom is 0.271 e. The molecule has 1 amide bonds. The number of morpholine rings is 1. The molecule has 3 heterocycles. The topological polar surface area (TPSA) is 77.2 Å². The normalized spacial score (nSPS) is 15.7. The number of nitrogens with zero attached hydrogens (tertiary/aromatic N) is 5. The standard InChI is InChI=1S/C15H22N6O2/c22-15(16-4-1-6-19-9-11-23-12-10-19)14-3-8-21(18-14)13-20-7-2-5-17-20/h2-3,5,7-8H,1,4,6,9-13H2,(H,16,22). The highest BCUT2D eigenvalue weighted by molar-refractivity contribution is 5.92. The van der Waals surface area contributed by atoms with Crippen LogP contribution in [0.1, 0.15) is 16.9 Å². The average molecular weight is 318 g/mol. The molecule has 2 aromatic rings. The van der Waals surface area contributed by atoms with Crippen LogP contribution in [0.2, 0.25) is 0 Å². The number of carbonyl (C=O) groups excluding carboxylic acids is 1. The van der Waals surface area contributed by atoms with Crippen LogP contribution in [0, 0.1) is 0 Å². The van der Waals surface area contributed by atoms with E-state index >= 15 is 0 Å². The third-order valence-electron chi connectivity index (χ3n) is 3.76. The third kappa shape index (κ3) is 4.64. The number of hydrogen-bond donors (Lipinski definition) is 1. The zero-order chi connectivity index (χ0) is 15.9. The summed E-state index contributed by atoms with van der Waals surface area (Å²) in [4.78, 5) is 14.4. The Labute approximate surface area is 135 Å². The molecular weight excluding hydrogens is 296 g/mol. The predicted molar refractivity (Wildman–Crippen MR) is 84.1 cm³/mol. The molecule has 1 aliphatic rings. The lowest BCUT2D eigenvalue weighted by Crippen LogP contribution is -2.38. The van der Waals surface area contributed by atoms with Crippen molar-refractivity contribution in [1.82, 2.24) is 29.8 Å². The van der Waals surface area contributed by atoms with Gasteiger partial charge in [-0.2, -0.15) is 10.2 Å². The Morgan fingerprint density at radius 2 is 2.13 bits per heavy atom. The van der Waals surface area contributed by atoms with Gasteiger partial charge in [-0.3, -0.25) is 19.1 Å². The van der Waals surface area contributed by atoms with Crippen molar-refractivity contribution < 1.29 is 9.53 Å². The van der Waals surface area contributed by atoms with Crippen molar-refractivity contribution in [2.75, 3.05) is 39.4 Å². The van der Waals surface area contributed by atoms with Crippen molar-refractivity contribution >= 4 is 5.91 Å². The molecule has 0 bridgehead atoms. The quantitative estimate of drug-likeness (QED) is 0.729. The Morgan fingerprint density at radius 3 is 2.91 bits per heavy atom. The van der Waals surface area contributed by atoms with Crippen LogP contribution in [-0.4, -0.2) is 69.8 Å². The Balaban J connectivity index is 1.39.